The molecule has 1 atom stereocenters. The molecule has 1 N–H and O–H groups in total. The number of para-hydroxylation sites is 1. The van der Waals surface area contributed by atoms with Crippen LogP contribution in [0.5, 0.6) is 0 Å². The maximum atomic E-state index is 10.8. The van der Waals surface area contributed by atoms with Gasteiger partial charge in [0.2, 0.25) is 0 Å². The number of hydrogen-bond donors (Lipinski definition) is 1. The monoisotopic (exact) mass is 261 g/mol. The Labute approximate surface area is 115 Å². The van der Waals surface area contributed by atoms with Gasteiger partial charge >= 0.3 is 5.97 Å². The number of hydrogen-bond acceptors (Lipinski definition) is 2. The molecule has 0 aromatic heterocycles. The van der Waals surface area contributed by atoms with Crippen LogP contribution in [-0.4, -0.2) is 23.7 Å². The lowest BCUT2D eigenvalue weighted by molar-refractivity contribution is -0.136. The van der Waals surface area contributed by atoms with E-state index in [2.05, 4.69) is 24.0 Å². The summed E-state index contributed by atoms with van der Waals surface area (Å²) < 4.78 is 0. The highest BCUT2D eigenvalue weighted by atomic mass is 16.4. The normalized spacial score (nSPS) is 16.7. The molecule has 19 heavy (non-hydrogen) atoms. The lowest BCUT2D eigenvalue weighted by Crippen LogP contribution is -2.37. The molecule has 0 radical (unpaired) electrons. The molecule has 1 saturated carbocycles. The van der Waals surface area contributed by atoms with Gasteiger partial charge in [0, 0.05) is 18.3 Å². The van der Waals surface area contributed by atoms with Crippen molar-refractivity contribution in [1.82, 2.24) is 0 Å². The molecule has 1 aliphatic rings. The minimum atomic E-state index is -0.725. The second-order valence-corrected chi connectivity index (χ2v) is 5.55. The van der Waals surface area contributed by atoms with Crippen molar-refractivity contribution < 1.29 is 9.90 Å². The highest BCUT2D eigenvalue weighted by molar-refractivity contribution is 5.67. The average Bonchev–Trinajstić information content (AvgIpc) is 2.35. The van der Waals surface area contributed by atoms with Crippen LogP contribution in [0.15, 0.2) is 30.3 Å². The zero-order valence-electron chi connectivity index (χ0n) is 11.6. The van der Waals surface area contributed by atoms with Gasteiger partial charge in [-0.05, 0) is 31.4 Å². The Hall–Kier alpha value is -1.51. The van der Waals surface area contributed by atoms with Crippen LogP contribution in [0.3, 0.4) is 0 Å². The zero-order chi connectivity index (χ0) is 13.7. The van der Waals surface area contributed by atoms with Gasteiger partial charge in [-0.3, -0.25) is 4.79 Å². The van der Waals surface area contributed by atoms with Gasteiger partial charge in [-0.1, -0.05) is 37.5 Å². The topological polar surface area (TPSA) is 40.5 Å². The van der Waals surface area contributed by atoms with Crippen LogP contribution in [0.1, 0.15) is 39.0 Å². The van der Waals surface area contributed by atoms with Gasteiger partial charge in [0.15, 0.2) is 0 Å². The number of nitrogens with zero attached hydrogens (tertiary/aromatic N) is 1. The maximum Gasteiger partial charge on any atom is 0.305 e. The molecule has 0 bridgehead atoms. The smallest absolute Gasteiger partial charge is 0.305 e. The maximum absolute atomic E-state index is 10.8. The first kappa shape index (κ1) is 13.9. The molecule has 1 aromatic carbocycles. The van der Waals surface area contributed by atoms with E-state index in [1.807, 2.05) is 18.2 Å². The van der Waals surface area contributed by atoms with E-state index in [1.54, 1.807) is 0 Å². The summed E-state index contributed by atoms with van der Waals surface area (Å²) in [6.45, 7) is 2.81. The average molecular weight is 261 g/mol. The summed E-state index contributed by atoms with van der Waals surface area (Å²) in [6.07, 6.45) is 5.41. The molecule has 1 fully saturated rings. The van der Waals surface area contributed by atoms with Gasteiger partial charge in [-0.2, -0.15) is 0 Å². The Kier molecular flexibility index (Phi) is 4.83. The quantitative estimate of drug-likeness (QED) is 0.816. The number of carboxylic acid groups (broad SMARTS) is 1. The summed E-state index contributed by atoms with van der Waals surface area (Å²) >= 11 is 0. The van der Waals surface area contributed by atoms with Crippen molar-refractivity contribution in [3.8, 4) is 0 Å². The van der Waals surface area contributed by atoms with Gasteiger partial charge in [0.1, 0.15) is 0 Å². The van der Waals surface area contributed by atoms with Gasteiger partial charge < -0.3 is 10.0 Å². The molecular formula is C16H23NO2. The Morgan fingerprint density at radius 1 is 1.37 bits per heavy atom. The fraction of sp³-hybridized carbons (Fsp3) is 0.562. The number of aliphatic carboxylic acids is 1. The number of anilines is 1. The fourth-order valence-electron chi connectivity index (χ4n) is 2.78. The molecule has 0 saturated heterocycles. The lowest BCUT2D eigenvalue weighted by atomic mass is 9.81. The molecule has 0 heterocycles. The van der Waals surface area contributed by atoms with Crippen molar-refractivity contribution in [2.45, 2.75) is 45.1 Å². The molecule has 2 rings (SSSR count). The number of carboxylic acids is 1. The zero-order valence-corrected chi connectivity index (χ0v) is 11.6. The molecule has 1 unspecified atom stereocenters. The van der Waals surface area contributed by atoms with Crippen molar-refractivity contribution in [1.29, 1.82) is 0 Å². The molecule has 3 nitrogen and oxygen atoms in total. The van der Waals surface area contributed by atoms with Crippen LogP contribution in [0.25, 0.3) is 0 Å². The fourth-order valence-corrected chi connectivity index (χ4v) is 2.78. The van der Waals surface area contributed by atoms with Gasteiger partial charge in [-0.25, -0.2) is 0 Å². The molecule has 0 aliphatic heterocycles. The summed E-state index contributed by atoms with van der Waals surface area (Å²) in [7, 11) is 0. The third-order valence-corrected chi connectivity index (χ3v) is 4.09. The van der Waals surface area contributed by atoms with Crippen LogP contribution < -0.4 is 4.90 Å². The summed E-state index contributed by atoms with van der Waals surface area (Å²) in [4.78, 5) is 13.1. The Morgan fingerprint density at radius 2 is 2.05 bits per heavy atom. The van der Waals surface area contributed by atoms with E-state index in [-0.39, 0.29) is 6.42 Å². The van der Waals surface area contributed by atoms with E-state index in [0.717, 1.165) is 11.6 Å². The third-order valence-electron chi connectivity index (χ3n) is 4.09. The van der Waals surface area contributed by atoms with Crippen LogP contribution in [-0.2, 0) is 4.79 Å². The second-order valence-electron chi connectivity index (χ2n) is 5.55. The van der Waals surface area contributed by atoms with Crippen LogP contribution in [0, 0.1) is 5.92 Å². The van der Waals surface area contributed by atoms with Crippen molar-refractivity contribution in [2.24, 2.45) is 5.92 Å². The summed E-state index contributed by atoms with van der Waals surface area (Å²) in [6, 6.07) is 10.6. The third kappa shape index (κ3) is 3.98. The van der Waals surface area contributed by atoms with Crippen molar-refractivity contribution >= 4 is 11.7 Å². The lowest BCUT2D eigenvalue weighted by Gasteiger charge is -2.36. The minimum absolute atomic E-state index is 0.198. The van der Waals surface area contributed by atoms with Crippen molar-refractivity contribution in [2.75, 3.05) is 11.4 Å². The van der Waals surface area contributed by atoms with E-state index in [9.17, 15) is 4.79 Å². The molecule has 3 heteroatoms. The summed E-state index contributed by atoms with van der Waals surface area (Å²) in [5.41, 5.74) is 1.13. The summed E-state index contributed by atoms with van der Waals surface area (Å²) in [5, 5.41) is 8.90. The minimum Gasteiger partial charge on any atom is -0.481 e. The highest BCUT2D eigenvalue weighted by Crippen LogP contribution is 2.32. The highest BCUT2D eigenvalue weighted by Gasteiger charge is 2.23. The predicted octanol–water partition coefficient (Wildman–Crippen LogP) is 3.55. The molecule has 1 aliphatic carbocycles. The number of benzene rings is 1. The van der Waals surface area contributed by atoms with Crippen molar-refractivity contribution in [3.05, 3.63) is 30.3 Å². The van der Waals surface area contributed by atoms with Gasteiger partial charge in [-0.15, -0.1) is 0 Å². The molecule has 0 amide bonds. The first-order chi connectivity index (χ1) is 9.16. The SMILES string of the molecule is CC(CC1CCC1)N(CCC(=O)O)c1ccccc1. The van der Waals surface area contributed by atoms with Crippen molar-refractivity contribution in [3.63, 3.8) is 0 Å². The summed E-state index contributed by atoms with van der Waals surface area (Å²) in [5.74, 6) is 0.114. The van der Waals surface area contributed by atoms with E-state index in [1.165, 1.54) is 25.7 Å². The number of carbonyl (C=O) groups is 1. The van der Waals surface area contributed by atoms with E-state index in [0.29, 0.717) is 12.6 Å². The first-order valence-electron chi connectivity index (χ1n) is 7.20. The van der Waals surface area contributed by atoms with Gasteiger partial charge in [0.05, 0.1) is 6.42 Å². The Morgan fingerprint density at radius 3 is 2.58 bits per heavy atom. The Bertz CT molecular complexity index is 400. The second kappa shape index (κ2) is 6.60. The van der Waals surface area contributed by atoms with E-state index in [4.69, 9.17) is 5.11 Å². The molecular weight excluding hydrogens is 238 g/mol. The molecule has 0 spiro atoms. The van der Waals surface area contributed by atoms with Crippen LogP contribution >= 0.6 is 0 Å². The number of rotatable bonds is 7. The van der Waals surface area contributed by atoms with E-state index >= 15 is 0 Å². The Balaban J connectivity index is 2.01. The van der Waals surface area contributed by atoms with E-state index < -0.39 is 5.97 Å². The largest absolute Gasteiger partial charge is 0.481 e. The predicted molar refractivity (Wildman–Crippen MR) is 77.5 cm³/mol. The standard InChI is InChI=1S/C16H23NO2/c1-13(12-14-6-5-7-14)17(11-10-16(18)19)15-8-3-2-4-9-15/h2-4,8-9,13-14H,5-7,10-12H2,1H3,(H,18,19). The first-order valence-corrected chi connectivity index (χ1v) is 7.20. The molecule has 1 aromatic rings. The molecule has 104 valence electrons. The van der Waals surface area contributed by atoms with Crippen LogP contribution in [0.2, 0.25) is 0 Å². The van der Waals surface area contributed by atoms with Gasteiger partial charge in [0.25, 0.3) is 0 Å². The van der Waals surface area contributed by atoms with Crippen LogP contribution in [0.4, 0.5) is 5.69 Å².